The number of rotatable bonds is 3. The maximum absolute atomic E-state index is 11.3. The molecule has 82 valence electrons. The molecule has 0 saturated heterocycles. The zero-order valence-electron chi connectivity index (χ0n) is 9.38. The van der Waals surface area contributed by atoms with Gasteiger partial charge in [-0.3, -0.25) is 4.79 Å². The van der Waals surface area contributed by atoms with Gasteiger partial charge in [-0.25, -0.2) is 0 Å². The molecule has 1 rings (SSSR count). The Balaban J connectivity index is 2.10. The molecule has 1 aliphatic carbocycles. The van der Waals surface area contributed by atoms with Gasteiger partial charge in [-0.1, -0.05) is 0 Å². The van der Waals surface area contributed by atoms with E-state index in [1.54, 1.807) is 0 Å². The van der Waals surface area contributed by atoms with Gasteiger partial charge in [0.2, 0.25) is 0 Å². The number of hydrogen-bond acceptors (Lipinski definition) is 3. The van der Waals surface area contributed by atoms with E-state index in [9.17, 15) is 4.79 Å². The predicted molar refractivity (Wildman–Crippen MR) is 55.8 cm³/mol. The molecule has 1 aliphatic rings. The average molecular weight is 199 g/mol. The Labute approximate surface area is 86.0 Å². The Morgan fingerprint density at radius 3 is 2.43 bits per heavy atom. The summed E-state index contributed by atoms with van der Waals surface area (Å²) in [4.78, 5) is 11.3. The first kappa shape index (κ1) is 11.5. The molecule has 14 heavy (non-hydrogen) atoms. The Kier molecular flexibility index (Phi) is 3.53. The van der Waals surface area contributed by atoms with Crippen LogP contribution in [0.1, 0.15) is 46.5 Å². The molecule has 0 aliphatic heterocycles. The number of ether oxygens (including phenoxy) is 1. The van der Waals surface area contributed by atoms with Crippen molar-refractivity contribution in [2.24, 2.45) is 11.7 Å². The van der Waals surface area contributed by atoms with E-state index < -0.39 is 0 Å². The smallest absolute Gasteiger partial charge is 0.306 e. The van der Waals surface area contributed by atoms with Crippen LogP contribution in [0.3, 0.4) is 0 Å². The maximum atomic E-state index is 11.3. The lowest BCUT2D eigenvalue weighted by Crippen LogP contribution is -2.36. The predicted octanol–water partition coefficient (Wildman–Crippen LogP) is 1.85. The van der Waals surface area contributed by atoms with Gasteiger partial charge in [0, 0.05) is 12.5 Å². The Morgan fingerprint density at radius 1 is 1.43 bits per heavy atom. The van der Waals surface area contributed by atoms with Gasteiger partial charge < -0.3 is 10.5 Å². The fourth-order valence-electron chi connectivity index (χ4n) is 1.74. The second-order valence-electron chi connectivity index (χ2n) is 5.22. The molecule has 0 radical (unpaired) electrons. The van der Waals surface area contributed by atoms with Crippen molar-refractivity contribution in [2.75, 3.05) is 0 Å². The molecule has 0 spiro atoms. The summed E-state index contributed by atoms with van der Waals surface area (Å²) in [6.07, 6.45) is 3.61. The van der Waals surface area contributed by atoms with Crippen LogP contribution in [0.2, 0.25) is 0 Å². The van der Waals surface area contributed by atoms with Gasteiger partial charge in [-0.05, 0) is 46.0 Å². The van der Waals surface area contributed by atoms with Crippen molar-refractivity contribution in [2.45, 2.75) is 58.1 Å². The maximum Gasteiger partial charge on any atom is 0.306 e. The highest BCUT2D eigenvalue weighted by Gasteiger charge is 2.26. The van der Waals surface area contributed by atoms with Crippen molar-refractivity contribution >= 4 is 5.97 Å². The van der Waals surface area contributed by atoms with Crippen LogP contribution >= 0.6 is 0 Å². The normalized spacial score (nSPS) is 26.9. The highest BCUT2D eigenvalue weighted by Crippen LogP contribution is 2.29. The third-order valence-electron chi connectivity index (χ3n) is 2.45. The highest BCUT2D eigenvalue weighted by molar-refractivity contribution is 5.69. The van der Waals surface area contributed by atoms with Crippen LogP contribution in [-0.2, 0) is 9.53 Å². The molecule has 0 bridgehead atoms. The van der Waals surface area contributed by atoms with Crippen LogP contribution in [0.15, 0.2) is 0 Å². The second-order valence-corrected chi connectivity index (χ2v) is 5.22. The summed E-state index contributed by atoms with van der Waals surface area (Å²) in [6.45, 7) is 5.68. The fraction of sp³-hybridized carbons (Fsp3) is 0.909. The van der Waals surface area contributed by atoms with Crippen molar-refractivity contribution in [3.63, 3.8) is 0 Å². The highest BCUT2D eigenvalue weighted by atomic mass is 16.6. The van der Waals surface area contributed by atoms with Crippen molar-refractivity contribution < 1.29 is 9.53 Å². The average Bonchev–Trinajstić information content (AvgIpc) is 1.92. The minimum absolute atomic E-state index is 0.0852. The van der Waals surface area contributed by atoms with E-state index in [0.29, 0.717) is 18.4 Å². The number of carbonyl (C=O) groups is 1. The van der Waals surface area contributed by atoms with E-state index in [-0.39, 0.29) is 11.6 Å². The largest absolute Gasteiger partial charge is 0.460 e. The van der Waals surface area contributed by atoms with Gasteiger partial charge in [0.15, 0.2) is 0 Å². The topological polar surface area (TPSA) is 52.3 Å². The van der Waals surface area contributed by atoms with Crippen LogP contribution in [0, 0.1) is 5.92 Å². The SMILES string of the molecule is CC(C)(C)OC(=O)CCC1CC(N)C1. The van der Waals surface area contributed by atoms with Crippen molar-refractivity contribution in [3.05, 3.63) is 0 Å². The molecule has 0 aromatic carbocycles. The summed E-state index contributed by atoms with van der Waals surface area (Å²) in [6, 6.07) is 0.374. The van der Waals surface area contributed by atoms with E-state index in [1.165, 1.54) is 0 Å². The van der Waals surface area contributed by atoms with E-state index >= 15 is 0 Å². The van der Waals surface area contributed by atoms with Crippen LogP contribution in [0.4, 0.5) is 0 Å². The molecule has 0 aromatic rings. The lowest BCUT2D eigenvalue weighted by molar-refractivity contribution is -0.155. The van der Waals surface area contributed by atoms with Gasteiger partial charge >= 0.3 is 5.97 Å². The molecule has 3 heteroatoms. The number of nitrogens with two attached hydrogens (primary N) is 1. The van der Waals surface area contributed by atoms with Gasteiger partial charge in [-0.15, -0.1) is 0 Å². The lowest BCUT2D eigenvalue weighted by atomic mass is 9.78. The second kappa shape index (κ2) is 4.30. The zero-order valence-corrected chi connectivity index (χ0v) is 9.38. The molecular weight excluding hydrogens is 178 g/mol. The van der Waals surface area contributed by atoms with Crippen molar-refractivity contribution in [1.29, 1.82) is 0 Å². The zero-order chi connectivity index (χ0) is 10.8. The van der Waals surface area contributed by atoms with Crippen LogP contribution in [0.25, 0.3) is 0 Å². The molecule has 0 unspecified atom stereocenters. The van der Waals surface area contributed by atoms with Gasteiger partial charge in [-0.2, -0.15) is 0 Å². The van der Waals surface area contributed by atoms with Crippen LogP contribution in [0.5, 0.6) is 0 Å². The molecular formula is C11H21NO2. The number of esters is 1. The standard InChI is InChI=1S/C11H21NO2/c1-11(2,3)14-10(13)5-4-8-6-9(12)7-8/h8-9H,4-7,12H2,1-3H3. The number of hydrogen-bond donors (Lipinski definition) is 1. The molecule has 1 fully saturated rings. The minimum atomic E-state index is -0.354. The molecule has 0 aromatic heterocycles. The molecule has 0 atom stereocenters. The fourth-order valence-corrected chi connectivity index (χ4v) is 1.74. The molecule has 2 N–H and O–H groups in total. The van der Waals surface area contributed by atoms with E-state index in [0.717, 1.165) is 19.3 Å². The summed E-state index contributed by atoms with van der Waals surface area (Å²) in [5, 5.41) is 0. The summed E-state index contributed by atoms with van der Waals surface area (Å²) in [7, 11) is 0. The third-order valence-corrected chi connectivity index (χ3v) is 2.45. The quantitative estimate of drug-likeness (QED) is 0.706. The van der Waals surface area contributed by atoms with E-state index in [1.807, 2.05) is 20.8 Å². The van der Waals surface area contributed by atoms with E-state index in [2.05, 4.69) is 0 Å². The molecule has 0 heterocycles. The van der Waals surface area contributed by atoms with Crippen LogP contribution in [-0.4, -0.2) is 17.6 Å². The molecule has 1 saturated carbocycles. The summed E-state index contributed by atoms with van der Waals surface area (Å²) in [5.74, 6) is 0.565. The lowest BCUT2D eigenvalue weighted by Gasteiger charge is -2.32. The molecule has 3 nitrogen and oxygen atoms in total. The monoisotopic (exact) mass is 199 g/mol. The first-order valence-corrected chi connectivity index (χ1v) is 5.34. The summed E-state index contributed by atoms with van der Waals surface area (Å²) in [5.41, 5.74) is 5.31. The third kappa shape index (κ3) is 4.09. The Bertz CT molecular complexity index is 202. The minimum Gasteiger partial charge on any atom is -0.460 e. The van der Waals surface area contributed by atoms with Gasteiger partial charge in [0.05, 0.1) is 0 Å². The van der Waals surface area contributed by atoms with Gasteiger partial charge in [0.1, 0.15) is 5.60 Å². The summed E-state index contributed by atoms with van der Waals surface area (Å²) < 4.78 is 5.21. The Morgan fingerprint density at radius 2 is 2.00 bits per heavy atom. The van der Waals surface area contributed by atoms with Crippen molar-refractivity contribution in [1.82, 2.24) is 0 Å². The van der Waals surface area contributed by atoms with Gasteiger partial charge in [0.25, 0.3) is 0 Å². The first-order valence-electron chi connectivity index (χ1n) is 5.34. The van der Waals surface area contributed by atoms with E-state index in [4.69, 9.17) is 10.5 Å². The van der Waals surface area contributed by atoms with Crippen molar-refractivity contribution in [3.8, 4) is 0 Å². The summed E-state index contributed by atoms with van der Waals surface area (Å²) >= 11 is 0. The molecule has 0 amide bonds. The number of carbonyl (C=O) groups excluding carboxylic acids is 1. The van der Waals surface area contributed by atoms with Crippen LogP contribution < -0.4 is 5.73 Å². The Hall–Kier alpha value is -0.570. The first-order chi connectivity index (χ1) is 6.37.